The lowest BCUT2D eigenvalue weighted by molar-refractivity contribution is -0.137. The molecule has 2 aromatic carbocycles. The van der Waals surface area contributed by atoms with Crippen LogP contribution in [0.4, 0.5) is 0 Å². The Bertz CT molecular complexity index is 1010. The number of rotatable bonds is 6. The van der Waals surface area contributed by atoms with Crippen LogP contribution in [0.3, 0.4) is 0 Å². The maximum absolute atomic E-state index is 12.7. The van der Waals surface area contributed by atoms with Crippen molar-refractivity contribution in [3.8, 4) is 0 Å². The number of carbonyl (C=O) groups is 3. The highest BCUT2D eigenvalue weighted by molar-refractivity contribution is 9.10. The minimum Gasteiger partial charge on any atom is -0.454 e. The van der Waals surface area contributed by atoms with Gasteiger partial charge in [0.15, 0.2) is 6.61 Å². The highest BCUT2D eigenvalue weighted by atomic mass is 79.9. The highest BCUT2D eigenvalue weighted by Gasteiger charge is 2.19. The summed E-state index contributed by atoms with van der Waals surface area (Å²) in [5, 5.41) is -0.181. The van der Waals surface area contributed by atoms with Crippen LogP contribution in [0.1, 0.15) is 33.6 Å². The van der Waals surface area contributed by atoms with Crippen LogP contribution in [0.15, 0.2) is 80.1 Å². The van der Waals surface area contributed by atoms with Gasteiger partial charge in [-0.2, -0.15) is 0 Å². The molecule has 0 radical (unpaired) electrons. The van der Waals surface area contributed by atoms with Crippen molar-refractivity contribution >= 4 is 60.5 Å². The molecule has 1 aliphatic carbocycles. The standard InChI is InChI=1S/C22H16Br2O4S/c23-16-8-6-15(7-9-16)22(27)29-20-12-17(24)10-11-18(20)19(25)13-28-21(26)14-4-2-1-3-5-14/h2,4-12H,1,3,13H2. The fourth-order valence-corrected chi connectivity index (χ4v) is 4.32. The molecule has 148 valence electrons. The maximum atomic E-state index is 12.7. The van der Waals surface area contributed by atoms with Gasteiger partial charge in [-0.05, 0) is 67.1 Å². The van der Waals surface area contributed by atoms with E-state index in [0.29, 0.717) is 21.6 Å². The Morgan fingerprint density at radius 2 is 1.69 bits per heavy atom. The number of hydrogen-bond donors (Lipinski definition) is 0. The molecule has 1 aliphatic rings. The van der Waals surface area contributed by atoms with Gasteiger partial charge in [-0.25, -0.2) is 4.79 Å². The molecule has 0 aromatic heterocycles. The number of ketones is 1. The van der Waals surface area contributed by atoms with E-state index in [1.165, 1.54) is 0 Å². The number of halogens is 2. The lowest BCUT2D eigenvalue weighted by Gasteiger charge is -2.10. The van der Waals surface area contributed by atoms with Crippen LogP contribution in [0, 0.1) is 0 Å². The summed E-state index contributed by atoms with van der Waals surface area (Å²) in [6.45, 7) is -0.383. The summed E-state index contributed by atoms with van der Waals surface area (Å²) in [4.78, 5) is 37.9. The molecular weight excluding hydrogens is 520 g/mol. The van der Waals surface area contributed by atoms with Gasteiger partial charge in [-0.15, -0.1) is 0 Å². The Kier molecular flexibility index (Phi) is 7.64. The summed E-state index contributed by atoms with van der Waals surface area (Å²) in [5.74, 6) is -0.885. The number of benzene rings is 2. The highest BCUT2D eigenvalue weighted by Crippen LogP contribution is 2.30. The molecule has 0 aliphatic heterocycles. The van der Waals surface area contributed by atoms with Gasteiger partial charge in [0.2, 0.25) is 10.9 Å². The molecule has 0 bridgehead atoms. The molecule has 0 atom stereocenters. The fourth-order valence-electron chi connectivity index (χ4n) is 2.61. The summed E-state index contributed by atoms with van der Waals surface area (Å²) in [6, 6.07) is 12.1. The minimum absolute atomic E-state index is 0.181. The smallest absolute Gasteiger partial charge is 0.338 e. The molecule has 3 rings (SSSR count). The molecule has 0 fully saturated rings. The van der Waals surface area contributed by atoms with Crippen molar-refractivity contribution in [2.75, 3.05) is 6.61 Å². The maximum Gasteiger partial charge on any atom is 0.338 e. The number of Topliss-reactive ketones (excluding diaryl/α,β-unsaturated/α-hetero) is 1. The minimum atomic E-state index is -0.522. The summed E-state index contributed by atoms with van der Waals surface area (Å²) in [6.07, 6.45) is 7.07. The zero-order valence-corrected chi connectivity index (χ0v) is 19.2. The van der Waals surface area contributed by atoms with Gasteiger partial charge < -0.3 is 4.74 Å². The van der Waals surface area contributed by atoms with E-state index >= 15 is 0 Å². The first-order chi connectivity index (χ1) is 13.9. The predicted octanol–water partition coefficient (Wildman–Crippen LogP) is 6.15. The zero-order valence-electron chi connectivity index (χ0n) is 15.2. The van der Waals surface area contributed by atoms with Gasteiger partial charge in [-0.3, -0.25) is 9.59 Å². The van der Waals surface area contributed by atoms with Crippen molar-refractivity contribution in [3.05, 3.63) is 86.3 Å². The van der Waals surface area contributed by atoms with E-state index in [4.69, 9.17) is 4.74 Å². The van der Waals surface area contributed by atoms with Gasteiger partial charge in [-0.1, -0.05) is 50.1 Å². The quantitative estimate of drug-likeness (QED) is 0.252. The first kappa shape index (κ1) is 21.7. The number of hydrogen-bond acceptors (Lipinski definition) is 5. The molecule has 7 heteroatoms. The van der Waals surface area contributed by atoms with Crippen molar-refractivity contribution in [2.24, 2.45) is 0 Å². The van der Waals surface area contributed by atoms with Crippen molar-refractivity contribution in [1.29, 1.82) is 0 Å². The summed E-state index contributed by atoms with van der Waals surface area (Å²) in [7, 11) is 0. The van der Waals surface area contributed by atoms with E-state index in [2.05, 4.69) is 31.9 Å². The summed E-state index contributed by atoms with van der Waals surface area (Å²) in [5.41, 5.74) is 1.32. The summed E-state index contributed by atoms with van der Waals surface area (Å²) < 4.78 is 6.79. The molecule has 0 unspecified atom stereocenters. The van der Waals surface area contributed by atoms with E-state index in [0.717, 1.165) is 33.5 Å². The van der Waals surface area contributed by atoms with Gasteiger partial charge in [0.05, 0.1) is 5.57 Å². The summed E-state index contributed by atoms with van der Waals surface area (Å²) >= 11 is 7.68. The van der Waals surface area contributed by atoms with Crippen LogP contribution in [0.5, 0.6) is 0 Å². The van der Waals surface area contributed by atoms with Gasteiger partial charge in [0, 0.05) is 25.0 Å². The van der Waals surface area contributed by atoms with E-state index in [1.807, 2.05) is 6.08 Å². The predicted molar refractivity (Wildman–Crippen MR) is 120 cm³/mol. The molecule has 0 N–H and O–H groups in total. The Labute approximate surface area is 189 Å². The average molecular weight is 536 g/mol. The Morgan fingerprint density at radius 3 is 2.38 bits per heavy atom. The number of carbonyl (C=O) groups excluding carboxylic acids is 3. The largest absolute Gasteiger partial charge is 0.454 e. The molecule has 0 saturated heterocycles. The topological polar surface area (TPSA) is 60.4 Å². The second-order valence-electron chi connectivity index (χ2n) is 6.18. The second-order valence-corrected chi connectivity index (χ2v) is 9.02. The fraction of sp³-hybridized carbons (Fsp3) is 0.136. The number of thioether (sulfide) groups is 1. The Balaban J connectivity index is 1.72. The van der Waals surface area contributed by atoms with Gasteiger partial charge in [0.25, 0.3) is 0 Å². The van der Waals surface area contributed by atoms with Crippen molar-refractivity contribution in [3.63, 3.8) is 0 Å². The monoisotopic (exact) mass is 534 g/mol. The first-order valence-corrected chi connectivity index (χ1v) is 11.2. The lowest BCUT2D eigenvalue weighted by Crippen LogP contribution is -2.16. The van der Waals surface area contributed by atoms with Crippen LogP contribution in [-0.2, 0) is 9.53 Å². The molecular formula is C22H16Br2O4S. The average Bonchev–Trinajstić information content (AvgIpc) is 2.73. The van der Waals surface area contributed by atoms with Crippen LogP contribution >= 0.6 is 43.6 Å². The second kappa shape index (κ2) is 10.2. The van der Waals surface area contributed by atoms with Crippen molar-refractivity contribution < 1.29 is 19.1 Å². The van der Waals surface area contributed by atoms with E-state index in [1.54, 1.807) is 54.6 Å². The number of ether oxygens (including phenoxy) is 1. The van der Waals surface area contributed by atoms with Crippen LogP contribution in [0.25, 0.3) is 0 Å². The number of esters is 1. The van der Waals surface area contributed by atoms with E-state index < -0.39 is 5.97 Å². The molecule has 29 heavy (non-hydrogen) atoms. The number of allylic oxidation sites excluding steroid dienone is 2. The van der Waals surface area contributed by atoms with E-state index in [9.17, 15) is 14.4 Å². The third kappa shape index (κ3) is 6.01. The van der Waals surface area contributed by atoms with Gasteiger partial charge in [0.1, 0.15) is 0 Å². The third-order valence-corrected chi connectivity index (χ3v) is 6.09. The van der Waals surface area contributed by atoms with Gasteiger partial charge >= 0.3 is 5.97 Å². The SMILES string of the molecule is O=C(OCC(=O)c1ccc(Br)cc1SC(=O)c1ccc(Br)cc1)C1=CCCC=C1. The molecule has 0 heterocycles. The Hall–Kier alpha value is -1.96. The molecule has 0 saturated carbocycles. The third-order valence-electron chi connectivity index (χ3n) is 4.09. The lowest BCUT2D eigenvalue weighted by atomic mass is 10.1. The first-order valence-electron chi connectivity index (χ1n) is 8.78. The van der Waals surface area contributed by atoms with Crippen molar-refractivity contribution in [1.82, 2.24) is 0 Å². The Morgan fingerprint density at radius 1 is 0.966 bits per heavy atom. The van der Waals surface area contributed by atoms with E-state index in [-0.39, 0.29) is 17.5 Å². The van der Waals surface area contributed by atoms with Crippen molar-refractivity contribution in [2.45, 2.75) is 17.7 Å². The normalized spacial score (nSPS) is 13.0. The zero-order chi connectivity index (χ0) is 20.8. The van der Waals surface area contributed by atoms with Crippen LogP contribution in [-0.4, -0.2) is 23.5 Å². The van der Waals surface area contributed by atoms with Crippen LogP contribution in [0.2, 0.25) is 0 Å². The molecule has 2 aromatic rings. The molecule has 4 nitrogen and oxygen atoms in total. The van der Waals surface area contributed by atoms with Crippen LogP contribution < -0.4 is 0 Å². The molecule has 0 amide bonds. The molecule has 0 spiro atoms.